The van der Waals surface area contributed by atoms with Crippen LogP contribution in [0, 0.1) is 5.92 Å². The number of aliphatic hydroxyl groups is 1. The highest BCUT2D eigenvalue weighted by Gasteiger charge is 2.29. The summed E-state index contributed by atoms with van der Waals surface area (Å²) in [6, 6.07) is 5.80. The van der Waals surface area contributed by atoms with Crippen LogP contribution in [0.5, 0.6) is 0 Å². The lowest BCUT2D eigenvalue weighted by atomic mass is 10.1. The van der Waals surface area contributed by atoms with Gasteiger partial charge in [-0.25, -0.2) is 9.97 Å². The number of imidazole rings is 1. The summed E-state index contributed by atoms with van der Waals surface area (Å²) in [5.41, 5.74) is 4.70. The van der Waals surface area contributed by atoms with Crippen LogP contribution in [0.25, 0.3) is 5.65 Å². The molecule has 0 spiro atoms. The van der Waals surface area contributed by atoms with E-state index >= 15 is 0 Å². The van der Waals surface area contributed by atoms with E-state index in [2.05, 4.69) is 27.9 Å². The molecule has 3 heterocycles. The highest BCUT2D eigenvalue weighted by Crippen LogP contribution is 2.41. The molecule has 2 aliphatic rings. The van der Waals surface area contributed by atoms with Crippen molar-refractivity contribution in [2.24, 2.45) is 5.92 Å². The van der Waals surface area contributed by atoms with Crippen molar-refractivity contribution < 1.29 is 9.90 Å². The lowest BCUT2D eigenvalue weighted by Gasteiger charge is -2.09. The van der Waals surface area contributed by atoms with E-state index in [1.165, 1.54) is 18.4 Å². The van der Waals surface area contributed by atoms with Crippen molar-refractivity contribution in [3.63, 3.8) is 0 Å². The van der Waals surface area contributed by atoms with Gasteiger partial charge in [0.2, 0.25) is 5.91 Å². The average Bonchev–Trinajstić information content (AvgIpc) is 3.61. The molecule has 2 aliphatic carbocycles. The van der Waals surface area contributed by atoms with E-state index in [0.717, 1.165) is 35.4 Å². The van der Waals surface area contributed by atoms with E-state index in [1.807, 2.05) is 22.7 Å². The first-order chi connectivity index (χ1) is 14.1. The molecule has 0 aliphatic heterocycles. The predicted octanol–water partition coefficient (Wildman–Crippen LogP) is 3.62. The van der Waals surface area contributed by atoms with Crippen molar-refractivity contribution in [3.8, 4) is 0 Å². The number of fused-ring (bicyclic) bond motifs is 1. The molecule has 2 fully saturated rings. The zero-order valence-electron chi connectivity index (χ0n) is 16.4. The Balaban J connectivity index is 1.33. The second kappa shape index (κ2) is 7.15. The molecule has 7 nitrogen and oxygen atoms in total. The van der Waals surface area contributed by atoms with Crippen molar-refractivity contribution in [3.05, 3.63) is 53.6 Å². The van der Waals surface area contributed by atoms with Gasteiger partial charge in [0.25, 0.3) is 0 Å². The van der Waals surface area contributed by atoms with E-state index in [4.69, 9.17) is 4.98 Å². The molecule has 1 amide bonds. The molecule has 5 rings (SSSR count). The van der Waals surface area contributed by atoms with Gasteiger partial charge in [-0.2, -0.15) is 0 Å². The van der Waals surface area contributed by atoms with E-state index in [1.54, 1.807) is 13.1 Å². The van der Waals surface area contributed by atoms with Gasteiger partial charge in [0.15, 0.2) is 0 Å². The van der Waals surface area contributed by atoms with Crippen LogP contribution >= 0.6 is 0 Å². The quantitative estimate of drug-likeness (QED) is 0.572. The number of hydrogen-bond acceptors (Lipinski definition) is 5. The SMILES string of the molecule is CC(O)c1cc(C2CC2)cn2cc(CNc3ccnc(NC(=O)C4CC4)c3)nc12. The molecule has 2 saturated carbocycles. The van der Waals surface area contributed by atoms with Gasteiger partial charge in [0.1, 0.15) is 11.5 Å². The van der Waals surface area contributed by atoms with Gasteiger partial charge in [0.05, 0.1) is 18.3 Å². The van der Waals surface area contributed by atoms with Crippen LogP contribution in [-0.2, 0) is 11.3 Å². The summed E-state index contributed by atoms with van der Waals surface area (Å²) in [7, 11) is 0. The molecule has 3 aromatic heterocycles. The fourth-order valence-corrected chi connectivity index (χ4v) is 3.61. The van der Waals surface area contributed by atoms with Gasteiger partial charge in [-0.3, -0.25) is 4.79 Å². The van der Waals surface area contributed by atoms with Crippen molar-refractivity contribution in [1.29, 1.82) is 0 Å². The molecule has 7 heteroatoms. The monoisotopic (exact) mass is 391 g/mol. The van der Waals surface area contributed by atoms with Gasteiger partial charge >= 0.3 is 0 Å². The number of carbonyl (C=O) groups excluding carboxylic acids is 1. The molecule has 3 aromatic rings. The third-order valence-corrected chi connectivity index (χ3v) is 5.58. The number of aliphatic hydroxyl groups excluding tert-OH is 1. The number of anilines is 2. The number of amides is 1. The minimum absolute atomic E-state index is 0.0483. The van der Waals surface area contributed by atoms with Crippen molar-refractivity contribution >= 4 is 23.1 Å². The summed E-state index contributed by atoms with van der Waals surface area (Å²) in [5.74, 6) is 1.37. The second-order valence-corrected chi connectivity index (χ2v) is 8.19. The van der Waals surface area contributed by atoms with Gasteiger partial charge < -0.3 is 20.1 Å². The number of pyridine rings is 2. The zero-order valence-corrected chi connectivity index (χ0v) is 16.4. The van der Waals surface area contributed by atoms with Gasteiger partial charge in [-0.1, -0.05) is 0 Å². The van der Waals surface area contributed by atoms with Crippen molar-refractivity contribution in [2.75, 3.05) is 10.6 Å². The molecule has 0 bridgehead atoms. The van der Waals surface area contributed by atoms with Gasteiger partial charge in [0, 0.05) is 41.8 Å². The lowest BCUT2D eigenvalue weighted by Crippen LogP contribution is -2.14. The molecule has 0 saturated heterocycles. The van der Waals surface area contributed by atoms with Crippen LogP contribution in [0.2, 0.25) is 0 Å². The summed E-state index contributed by atoms with van der Waals surface area (Å²) in [5, 5.41) is 16.4. The third kappa shape index (κ3) is 3.96. The molecule has 29 heavy (non-hydrogen) atoms. The highest BCUT2D eigenvalue weighted by atomic mass is 16.3. The van der Waals surface area contributed by atoms with Crippen LogP contribution in [0.1, 0.15) is 61.4 Å². The first kappa shape index (κ1) is 18.1. The van der Waals surface area contributed by atoms with Gasteiger partial charge in [-0.15, -0.1) is 0 Å². The van der Waals surface area contributed by atoms with E-state index in [-0.39, 0.29) is 11.8 Å². The fourth-order valence-electron chi connectivity index (χ4n) is 3.61. The van der Waals surface area contributed by atoms with Gasteiger partial charge in [-0.05, 0) is 56.2 Å². The molecular weight excluding hydrogens is 366 g/mol. The summed E-state index contributed by atoms with van der Waals surface area (Å²) < 4.78 is 2.03. The molecule has 0 aromatic carbocycles. The standard InChI is InChI=1S/C22H25N5O2/c1-13(28)19-8-16(14-2-3-14)11-27-12-18(25-21(19)27)10-24-17-6-7-23-20(9-17)26-22(29)15-4-5-15/h6-9,11-15,28H,2-5,10H2,1H3,(H2,23,24,26,29). The second-order valence-electron chi connectivity index (χ2n) is 8.19. The van der Waals surface area contributed by atoms with Crippen LogP contribution in [0.15, 0.2) is 36.8 Å². The highest BCUT2D eigenvalue weighted by molar-refractivity contribution is 5.93. The van der Waals surface area contributed by atoms with Crippen LogP contribution < -0.4 is 10.6 Å². The average molecular weight is 391 g/mol. The number of hydrogen-bond donors (Lipinski definition) is 3. The Morgan fingerprint density at radius 3 is 2.83 bits per heavy atom. The molecule has 150 valence electrons. The minimum Gasteiger partial charge on any atom is -0.389 e. The summed E-state index contributed by atoms with van der Waals surface area (Å²) in [6.45, 7) is 2.33. The van der Waals surface area contributed by atoms with Crippen LogP contribution in [-0.4, -0.2) is 25.4 Å². The Morgan fingerprint density at radius 2 is 2.10 bits per heavy atom. The summed E-state index contributed by atoms with van der Waals surface area (Å²) in [6.07, 6.45) is 9.64. The maximum atomic E-state index is 11.9. The smallest absolute Gasteiger partial charge is 0.228 e. The predicted molar refractivity (Wildman–Crippen MR) is 111 cm³/mol. The fraction of sp³-hybridized carbons (Fsp3) is 0.409. The van der Waals surface area contributed by atoms with Crippen molar-refractivity contribution in [1.82, 2.24) is 14.4 Å². The van der Waals surface area contributed by atoms with Crippen LogP contribution in [0.3, 0.4) is 0 Å². The summed E-state index contributed by atoms with van der Waals surface area (Å²) in [4.78, 5) is 20.9. The molecule has 1 atom stereocenters. The van der Waals surface area contributed by atoms with Crippen LogP contribution in [0.4, 0.5) is 11.5 Å². The number of aromatic nitrogens is 3. The van der Waals surface area contributed by atoms with E-state index in [9.17, 15) is 9.90 Å². The molecule has 0 radical (unpaired) electrons. The first-order valence-corrected chi connectivity index (χ1v) is 10.3. The Kier molecular flexibility index (Phi) is 4.47. The van der Waals surface area contributed by atoms with Crippen molar-refractivity contribution in [2.45, 2.75) is 51.2 Å². The zero-order chi connectivity index (χ0) is 20.0. The Bertz CT molecular complexity index is 1070. The summed E-state index contributed by atoms with van der Waals surface area (Å²) >= 11 is 0. The molecule has 3 N–H and O–H groups in total. The maximum Gasteiger partial charge on any atom is 0.228 e. The first-order valence-electron chi connectivity index (χ1n) is 10.3. The topological polar surface area (TPSA) is 91.5 Å². The third-order valence-electron chi connectivity index (χ3n) is 5.58. The number of nitrogens with one attached hydrogen (secondary N) is 2. The van der Waals surface area contributed by atoms with E-state index in [0.29, 0.717) is 18.3 Å². The molecular formula is C22H25N5O2. The minimum atomic E-state index is -0.558. The maximum absolute atomic E-state index is 11.9. The Hall–Kier alpha value is -2.93. The number of nitrogens with zero attached hydrogens (tertiary/aromatic N) is 3. The number of rotatable bonds is 7. The lowest BCUT2D eigenvalue weighted by molar-refractivity contribution is -0.117. The number of carbonyl (C=O) groups is 1. The Morgan fingerprint density at radius 1 is 1.28 bits per heavy atom. The largest absolute Gasteiger partial charge is 0.389 e. The van der Waals surface area contributed by atoms with E-state index < -0.39 is 6.10 Å². The normalized spacial score (nSPS) is 17.3. The molecule has 1 unspecified atom stereocenters. The Labute approximate surface area is 169 Å².